The number of halogens is 1. The molecule has 0 saturated heterocycles. The summed E-state index contributed by atoms with van der Waals surface area (Å²) in [6.07, 6.45) is -0.617. The Bertz CT molecular complexity index is 1180. The first kappa shape index (κ1) is 16.4. The highest BCUT2D eigenvalue weighted by Crippen LogP contribution is 2.51. The third-order valence-electron chi connectivity index (χ3n) is 5.33. The fourth-order valence-electron chi connectivity index (χ4n) is 4.08. The third kappa shape index (κ3) is 2.45. The van der Waals surface area contributed by atoms with Gasteiger partial charge in [-0.2, -0.15) is 0 Å². The molecule has 0 spiro atoms. The van der Waals surface area contributed by atoms with Gasteiger partial charge in [0.1, 0.15) is 11.9 Å². The van der Waals surface area contributed by atoms with Gasteiger partial charge in [-0.3, -0.25) is 0 Å². The Morgan fingerprint density at radius 3 is 2.41 bits per heavy atom. The first-order valence-corrected chi connectivity index (χ1v) is 9.23. The van der Waals surface area contributed by atoms with E-state index in [0.717, 1.165) is 49.9 Å². The molecule has 0 fully saturated rings. The van der Waals surface area contributed by atoms with Crippen molar-refractivity contribution in [2.45, 2.75) is 6.10 Å². The van der Waals surface area contributed by atoms with Gasteiger partial charge in [-0.15, -0.1) is 0 Å². The van der Waals surface area contributed by atoms with Crippen LogP contribution in [-0.4, -0.2) is 12.2 Å². The molecule has 0 heterocycles. The fourth-order valence-corrected chi connectivity index (χ4v) is 4.26. The normalized spacial score (nSPS) is 14.9. The number of ether oxygens (including phenoxy) is 1. The lowest BCUT2D eigenvalue weighted by molar-refractivity contribution is 0.225. The molecule has 1 aliphatic rings. The zero-order valence-electron chi connectivity index (χ0n) is 14.7. The van der Waals surface area contributed by atoms with E-state index in [1.54, 1.807) is 7.11 Å². The molecule has 1 unspecified atom stereocenters. The molecule has 4 aromatic carbocycles. The fraction of sp³-hybridized carbons (Fsp3) is 0.0833. The van der Waals surface area contributed by atoms with Crippen LogP contribution in [0.3, 0.4) is 0 Å². The van der Waals surface area contributed by atoms with E-state index in [2.05, 4.69) is 24.3 Å². The van der Waals surface area contributed by atoms with Gasteiger partial charge in [-0.25, -0.2) is 0 Å². The van der Waals surface area contributed by atoms with E-state index in [9.17, 15) is 5.11 Å². The first-order chi connectivity index (χ1) is 13.2. The van der Waals surface area contributed by atoms with Crippen molar-refractivity contribution in [3.05, 3.63) is 88.9 Å². The van der Waals surface area contributed by atoms with Gasteiger partial charge in [0, 0.05) is 5.02 Å². The summed E-state index contributed by atoms with van der Waals surface area (Å²) < 4.78 is 5.32. The minimum absolute atomic E-state index is 0.617. The van der Waals surface area contributed by atoms with Crippen molar-refractivity contribution < 1.29 is 9.84 Å². The zero-order valence-corrected chi connectivity index (χ0v) is 15.5. The molecule has 3 heteroatoms. The van der Waals surface area contributed by atoms with Crippen molar-refractivity contribution in [3.8, 4) is 28.0 Å². The summed E-state index contributed by atoms with van der Waals surface area (Å²) in [4.78, 5) is 0. The number of aliphatic hydroxyl groups is 1. The van der Waals surface area contributed by atoms with Gasteiger partial charge >= 0.3 is 0 Å². The van der Waals surface area contributed by atoms with Crippen molar-refractivity contribution >= 4 is 22.4 Å². The molecule has 2 nitrogen and oxygen atoms in total. The van der Waals surface area contributed by atoms with Crippen LogP contribution in [0.4, 0.5) is 0 Å². The number of aliphatic hydroxyl groups excluding tert-OH is 1. The Hall–Kier alpha value is -2.81. The van der Waals surface area contributed by atoms with Crippen LogP contribution >= 0.6 is 11.6 Å². The number of benzene rings is 4. The van der Waals surface area contributed by atoms with E-state index >= 15 is 0 Å². The van der Waals surface area contributed by atoms with Gasteiger partial charge < -0.3 is 9.84 Å². The van der Waals surface area contributed by atoms with Gasteiger partial charge in [-0.1, -0.05) is 54.1 Å². The molecule has 0 aromatic heterocycles. The molecule has 0 radical (unpaired) electrons. The van der Waals surface area contributed by atoms with Crippen LogP contribution in [0, 0.1) is 0 Å². The van der Waals surface area contributed by atoms with Gasteiger partial charge in [0.25, 0.3) is 0 Å². The lowest BCUT2D eigenvalue weighted by Gasteiger charge is -2.16. The summed E-state index contributed by atoms with van der Waals surface area (Å²) in [5.41, 5.74) is 6.21. The summed E-state index contributed by atoms with van der Waals surface area (Å²) in [6.45, 7) is 0. The monoisotopic (exact) mass is 372 g/mol. The molecule has 0 bridgehead atoms. The minimum Gasteiger partial charge on any atom is -0.497 e. The van der Waals surface area contributed by atoms with E-state index in [4.69, 9.17) is 16.3 Å². The average molecular weight is 373 g/mol. The van der Waals surface area contributed by atoms with Crippen molar-refractivity contribution in [1.29, 1.82) is 0 Å². The maximum absolute atomic E-state index is 11.0. The van der Waals surface area contributed by atoms with Crippen LogP contribution in [0.5, 0.6) is 5.75 Å². The Kier molecular flexibility index (Phi) is 3.71. The van der Waals surface area contributed by atoms with E-state index in [1.807, 2.05) is 48.5 Å². The maximum atomic E-state index is 11.0. The number of hydrogen-bond donors (Lipinski definition) is 1. The van der Waals surface area contributed by atoms with Crippen molar-refractivity contribution in [2.24, 2.45) is 0 Å². The summed E-state index contributed by atoms with van der Waals surface area (Å²) in [5.74, 6) is 0.814. The Morgan fingerprint density at radius 2 is 1.63 bits per heavy atom. The first-order valence-electron chi connectivity index (χ1n) is 8.85. The van der Waals surface area contributed by atoms with Crippen molar-refractivity contribution in [2.75, 3.05) is 7.11 Å². The molecule has 0 amide bonds. The number of rotatable bonds is 2. The second-order valence-corrected chi connectivity index (χ2v) is 7.24. The SMILES string of the molecule is COc1ccc(-c2c3c(cc4ccc(Cl)cc24)C(O)c2ccccc2-3)cc1. The highest BCUT2D eigenvalue weighted by Gasteiger charge is 2.30. The Morgan fingerprint density at radius 1 is 0.852 bits per heavy atom. The molecule has 1 N–H and O–H groups in total. The van der Waals surface area contributed by atoms with Crippen LogP contribution in [0.25, 0.3) is 33.0 Å². The molecule has 0 aliphatic heterocycles. The summed E-state index contributed by atoms with van der Waals surface area (Å²) >= 11 is 6.34. The Labute approximate surface area is 162 Å². The molecule has 1 aliphatic carbocycles. The number of methoxy groups -OCH3 is 1. The maximum Gasteiger partial charge on any atom is 0.118 e. The molecule has 1 atom stereocenters. The number of hydrogen-bond acceptors (Lipinski definition) is 2. The Balaban J connectivity index is 1.91. The second kappa shape index (κ2) is 6.12. The second-order valence-electron chi connectivity index (χ2n) is 6.80. The van der Waals surface area contributed by atoms with Crippen LogP contribution in [0.2, 0.25) is 5.02 Å². The standard InChI is InChI=1S/C24H17ClO2/c1-27-17-10-7-14(8-11-17)22-20-13-16(25)9-6-15(20)12-21-23(22)18-4-2-3-5-19(18)24(21)26/h2-13,24,26H,1H3. The van der Waals surface area contributed by atoms with Crippen LogP contribution in [-0.2, 0) is 0 Å². The van der Waals surface area contributed by atoms with Crippen molar-refractivity contribution in [1.82, 2.24) is 0 Å². The minimum atomic E-state index is -0.617. The predicted octanol–water partition coefficient (Wildman–Crippen LogP) is 6.23. The molecule has 0 saturated carbocycles. The van der Waals surface area contributed by atoms with Gasteiger partial charge in [-0.05, 0) is 74.5 Å². The summed E-state index contributed by atoms with van der Waals surface area (Å²) in [5, 5.41) is 13.8. The molecule has 132 valence electrons. The van der Waals surface area contributed by atoms with Crippen LogP contribution in [0.1, 0.15) is 17.2 Å². The van der Waals surface area contributed by atoms with E-state index in [1.165, 1.54) is 0 Å². The molecular weight excluding hydrogens is 356 g/mol. The molecule has 4 aromatic rings. The molecular formula is C24H17ClO2. The largest absolute Gasteiger partial charge is 0.497 e. The predicted molar refractivity (Wildman–Crippen MR) is 110 cm³/mol. The smallest absolute Gasteiger partial charge is 0.118 e. The highest BCUT2D eigenvalue weighted by molar-refractivity contribution is 6.31. The zero-order chi connectivity index (χ0) is 18.5. The summed E-state index contributed by atoms with van der Waals surface area (Å²) in [7, 11) is 1.66. The molecule has 27 heavy (non-hydrogen) atoms. The quantitative estimate of drug-likeness (QED) is 0.452. The topological polar surface area (TPSA) is 29.5 Å². The average Bonchev–Trinajstić information content (AvgIpc) is 2.99. The van der Waals surface area contributed by atoms with E-state index in [-0.39, 0.29) is 0 Å². The summed E-state index contributed by atoms with van der Waals surface area (Å²) in [6, 6.07) is 24.1. The van der Waals surface area contributed by atoms with E-state index in [0.29, 0.717) is 5.02 Å². The van der Waals surface area contributed by atoms with Gasteiger partial charge in [0.15, 0.2) is 0 Å². The van der Waals surface area contributed by atoms with Crippen molar-refractivity contribution in [3.63, 3.8) is 0 Å². The van der Waals surface area contributed by atoms with Crippen LogP contribution in [0.15, 0.2) is 72.8 Å². The lowest BCUT2D eigenvalue weighted by Crippen LogP contribution is -1.95. The van der Waals surface area contributed by atoms with Crippen LogP contribution < -0.4 is 4.74 Å². The highest BCUT2D eigenvalue weighted by atomic mass is 35.5. The molecule has 5 rings (SSSR count). The third-order valence-corrected chi connectivity index (χ3v) is 5.57. The number of fused-ring (bicyclic) bond motifs is 4. The lowest BCUT2D eigenvalue weighted by atomic mass is 9.89. The van der Waals surface area contributed by atoms with Gasteiger partial charge in [0.2, 0.25) is 0 Å². The van der Waals surface area contributed by atoms with E-state index < -0.39 is 6.10 Å². The van der Waals surface area contributed by atoms with Gasteiger partial charge in [0.05, 0.1) is 7.11 Å².